The Kier molecular flexibility index (Phi) is 3.80. The molecule has 26 heavy (non-hydrogen) atoms. The van der Waals surface area contributed by atoms with Gasteiger partial charge < -0.3 is 9.15 Å². The summed E-state index contributed by atoms with van der Waals surface area (Å²) in [6, 6.07) is 8.19. The molecule has 0 fully saturated rings. The number of aromatic nitrogens is 3. The molecule has 4 rings (SSSR count). The maximum atomic E-state index is 12.9. The predicted octanol–water partition coefficient (Wildman–Crippen LogP) is 5.10. The second-order valence-electron chi connectivity index (χ2n) is 5.36. The Morgan fingerprint density at radius 2 is 1.81 bits per heavy atom. The lowest BCUT2D eigenvalue weighted by atomic mass is 10.2. The second kappa shape index (κ2) is 6.14. The van der Waals surface area contributed by atoms with Crippen molar-refractivity contribution in [3.8, 4) is 23.0 Å². The van der Waals surface area contributed by atoms with E-state index in [0.29, 0.717) is 17.1 Å². The van der Waals surface area contributed by atoms with Gasteiger partial charge in [-0.3, -0.25) is 9.97 Å². The monoisotopic (exact) mass is 357 g/mol. The van der Waals surface area contributed by atoms with Crippen molar-refractivity contribution >= 4 is 11.1 Å². The van der Waals surface area contributed by atoms with Crippen molar-refractivity contribution in [1.29, 1.82) is 0 Å². The van der Waals surface area contributed by atoms with Gasteiger partial charge in [-0.15, -0.1) is 0 Å². The molecule has 5 nitrogen and oxygen atoms in total. The first-order valence-electron chi connectivity index (χ1n) is 7.51. The highest BCUT2D eigenvalue weighted by molar-refractivity contribution is 5.78. The molecule has 4 aromatic rings. The quantitative estimate of drug-likeness (QED) is 0.511. The van der Waals surface area contributed by atoms with E-state index in [1.807, 2.05) is 0 Å². The zero-order chi connectivity index (χ0) is 18.1. The minimum Gasteiger partial charge on any atom is -0.453 e. The Balaban J connectivity index is 1.76. The summed E-state index contributed by atoms with van der Waals surface area (Å²) in [5.74, 6) is 0.973. The van der Waals surface area contributed by atoms with E-state index in [2.05, 4.69) is 15.0 Å². The molecule has 0 N–H and O–H groups in total. The number of hydrogen-bond donors (Lipinski definition) is 0. The van der Waals surface area contributed by atoms with Crippen LogP contribution in [0.25, 0.3) is 22.6 Å². The van der Waals surface area contributed by atoms with Crippen LogP contribution in [0.1, 0.15) is 5.56 Å². The molecule has 0 unspecified atom stereocenters. The molecule has 130 valence electrons. The van der Waals surface area contributed by atoms with Crippen LogP contribution in [0, 0.1) is 0 Å². The topological polar surface area (TPSA) is 61.0 Å². The third-order valence-corrected chi connectivity index (χ3v) is 3.59. The van der Waals surface area contributed by atoms with Crippen LogP contribution in [0.2, 0.25) is 0 Å². The first kappa shape index (κ1) is 16.1. The Hall–Kier alpha value is -3.42. The van der Waals surface area contributed by atoms with E-state index >= 15 is 0 Å². The maximum Gasteiger partial charge on any atom is 0.416 e. The van der Waals surface area contributed by atoms with Crippen LogP contribution in [0.15, 0.2) is 65.6 Å². The van der Waals surface area contributed by atoms with Crippen LogP contribution in [-0.4, -0.2) is 15.0 Å². The van der Waals surface area contributed by atoms with Gasteiger partial charge in [0.15, 0.2) is 11.3 Å². The summed E-state index contributed by atoms with van der Waals surface area (Å²) in [4.78, 5) is 12.1. The average Bonchev–Trinajstić information content (AvgIpc) is 3.05. The molecule has 0 aliphatic carbocycles. The van der Waals surface area contributed by atoms with Crippen molar-refractivity contribution in [2.45, 2.75) is 6.18 Å². The Morgan fingerprint density at radius 3 is 2.58 bits per heavy atom. The van der Waals surface area contributed by atoms with Crippen LogP contribution in [0.5, 0.6) is 11.5 Å². The maximum absolute atomic E-state index is 12.9. The van der Waals surface area contributed by atoms with E-state index < -0.39 is 11.7 Å². The van der Waals surface area contributed by atoms with Crippen molar-refractivity contribution in [1.82, 2.24) is 15.0 Å². The second-order valence-corrected chi connectivity index (χ2v) is 5.36. The van der Waals surface area contributed by atoms with E-state index in [1.54, 1.807) is 24.4 Å². The highest BCUT2D eigenvalue weighted by atomic mass is 19.4. The highest BCUT2D eigenvalue weighted by Crippen LogP contribution is 2.36. The lowest BCUT2D eigenvalue weighted by molar-refractivity contribution is -0.137. The Morgan fingerprint density at radius 1 is 0.962 bits per heavy atom. The molecule has 0 saturated carbocycles. The van der Waals surface area contributed by atoms with Gasteiger partial charge in [0, 0.05) is 12.4 Å². The third kappa shape index (κ3) is 3.08. The molecule has 0 radical (unpaired) electrons. The molecule has 3 heterocycles. The van der Waals surface area contributed by atoms with Crippen molar-refractivity contribution in [2.75, 3.05) is 0 Å². The number of rotatable bonds is 3. The molecule has 0 spiro atoms. The Labute approximate surface area is 145 Å². The number of alkyl halides is 3. The van der Waals surface area contributed by atoms with Gasteiger partial charge in [0.1, 0.15) is 11.3 Å². The van der Waals surface area contributed by atoms with Gasteiger partial charge >= 0.3 is 6.18 Å². The normalized spacial score (nSPS) is 11.7. The summed E-state index contributed by atoms with van der Waals surface area (Å²) in [6.45, 7) is 0. The number of ether oxygens (including phenoxy) is 1. The summed E-state index contributed by atoms with van der Waals surface area (Å²) in [7, 11) is 0. The summed E-state index contributed by atoms with van der Waals surface area (Å²) in [5.41, 5.74) is 0.0381. The molecular weight excluding hydrogens is 347 g/mol. The van der Waals surface area contributed by atoms with Gasteiger partial charge in [0.25, 0.3) is 0 Å². The van der Waals surface area contributed by atoms with E-state index in [0.717, 1.165) is 12.1 Å². The minimum absolute atomic E-state index is 0.110. The van der Waals surface area contributed by atoms with Gasteiger partial charge in [0.2, 0.25) is 5.89 Å². The molecule has 3 aromatic heterocycles. The lowest BCUT2D eigenvalue weighted by Crippen LogP contribution is -2.03. The number of benzene rings is 1. The Bertz CT molecular complexity index is 1060. The first-order valence-corrected chi connectivity index (χ1v) is 7.51. The van der Waals surface area contributed by atoms with E-state index in [-0.39, 0.29) is 17.0 Å². The largest absolute Gasteiger partial charge is 0.453 e. The molecule has 0 saturated heterocycles. The fraction of sp³-hybridized carbons (Fsp3) is 0.0556. The lowest BCUT2D eigenvalue weighted by Gasteiger charge is -2.07. The predicted molar refractivity (Wildman–Crippen MR) is 86.6 cm³/mol. The highest BCUT2D eigenvalue weighted by Gasteiger charge is 2.31. The average molecular weight is 357 g/mol. The fourth-order valence-corrected chi connectivity index (χ4v) is 2.39. The van der Waals surface area contributed by atoms with Crippen LogP contribution in [-0.2, 0) is 6.18 Å². The molecule has 8 heteroatoms. The number of halogens is 3. The molecule has 0 atom stereocenters. The van der Waals surface area contributed by atoms with Crippen molar-refractivity contribution < 1.29 is 22.3 Å². The van der Waals surface area contributed by atoms with E-state index in [1.165, 1.54) is 24.7 Å². The van der Waals surface area contributed by atoms with Crippen molar-refractivity contribution in [2.24, 2.45) is 0 Å². The van der Waals surface area contributed by atoms with E-state index in [4.69, 9.17) is 9.15 Å². The third-order valence-electron chi connectivity index (χ3n) is 3.59. The molecular formula is C18H10F3N3O2. The number of hydrogen-bond acceptors (Lipinski definition) is 5. The van der Waals surface area contributed by atoms with Crippen LogP contribution in [0.3, 0.4) is 0 Å². The summed E-state index contributed by atoms with van der Waals surface area (Å²) >= 11 is 0. The molecule has 0 bridgehead atoms. The summed E-state index contributed by atoms with van der Waals surface area (Å²) < 4.78 is 49.9. The first-order chi connectivity index (χ1) is 12.5. The number of oxazole rings is 1. The van der Waals surface area contributed by atoms with E-state index in [9.17, 15) is 13.2 Å². The van der Waals surface area contributed by atoms with Gasteiger partial charge in [-0.05, 0) is 36.4 Å². The smallest absolute Gasteiger partial charge is 0.416 e. The van der Waals surface area contributed by atoms with Gasteiger partial charge in [-0.1, -0.05) is 0 Å². The molecule has 0 aliphatic rings. The van der Waals surface area contributed by atoms with Gasteiger partial charge in [-0.25, -0.2) is 4.98 Å². The minimum atomic E-state index is -4.45. The fourth-order valence-electron chi connectivity index (χ4n) is 2.39. The van der Waals surface area contributed by atoms with Crippen LogP contribution >= 0.6 is 0 Å². The van der Waals surface area contributed by atoms with Crippen LogP contribution < -0.4 is 4.74 Å². The molecule has 0 aliphatic heterocycles. The van der Waals surface area contributed by atoms with Gasteiger partial charge in [0.05, 0.1) is 23.5 Å². The standard InChI is InChI=1S/C18H10F3N3O2/c19-18(20,21)11-3-4-15-14(8-11)24-17(26-15)13-5-7-23-10-16(13)25-12-2-1-6-22-9-12/h1-10H. The number of pyridine rings is 2. The zero-order valence-electron chi connectivity index (χ0n) is 13.1. The van der Waals surface area contributed by atoms with Gasteiger partial charge in [-0.2, -0.15) is 13.2 Å². The zero-order valence-corrected chi connectivity index (χ0v) is 13.1. The van der Waals surface area contributed by atoms with Crippen molar-refractivity contribution in [3.05, 3.63) is 66.7 Å². The molecule has 1 aromatic carbocycles. The van der Waals surface area contributed by atoms with Crippen LogP contribution in [0.4, 0.5) is 13.2 Å². The number of fused-ring (bicyclic) bond motifs is 1. The summed E-state index contributed by atoms with van der Waals surface area (Å²) in [6.07, 6.45) is 1.67. The molecule has 0 amide bonds. The number of nitrogens with zero attached hydrogens (tertiary/aromatic N) is 3. The van der Waals surface area contributed by atoms with Crippen molar-refractivity contribution in [3.63, 3.8) is 0 Å². The SMILES string of the molecule is FC(F)(F)c1ccc2oc(-c3ccncc3Oc3cccnc3)nc2c1. The summed E-state index contributed by atoms with van der Waals surface area (Å²) in [5, 5.41) is 0.